The summed E-state index contributed by atoms with van der Waals surface area (Å²) in [7, 11) is -5.91. The molecule has 1 saturated heterocycles. The number of hydrogen-bond donors (Lipinski definition) is 1. The van der Waals surface area contributed by atoms with Gasteiger partial charge in [0.05, 0.1) is 11.5 Å². The minimum absolute atomic E-state index is 0.0651. The van der Waals surface area contributed by atoms with Crippen LogP contribution in [0.3, 0.4) is 0 Å². The molecule has 0 radical (unpaired) electrons. The molecule has 3 atom stereocenters. The van der Waals surface area contributed by atoms with Crippen molar-refractivity contribution in [2.45, 2.75) is 70.0 Å². The Labute approximate surface area is 230 Å². The smallest absolute Gasteiger partial charge is 0.332 e. The molecule has 2 aromatic carbocycles. The summed E-state index contributed by atoms with van der Waals surface area (Å²) >= 11 is 12.4. The Morgan fingerprint density at radius 3 is 2.21 bits per heavy atom. The van der Waals surface area contributed by atoms with E-state index in [1.54, 1.807) is 35.2 Å². The van der Waals surface area contributed by atoms with Crippen LogP contribution in [0.1, 0.15) is 69.5 Å². The highest BCUT2D eigenvalue weighted by molar-refractivity contribution is 7.90. The average Bonchev–Trinajstić information content (AvgIpc) is 2.82. The van der Waals surface area contributed by atoms with Crippen LogP contribution in [-0.2, 0) is 19.6 Å². The molecule has 12 heteroatoms. The molecule has 3 rings (SSSR count). The van der Waals surface area contributed by atoms with Crippen molar-refractivity contribution < 1.29 is 31.2 Å². The monoisotopic (exact) mass is 592 g/mol. The van der Waals surface area contributed by atoms with Gasteiger partial charge in [-0.05, 0) is 54.7 Å². The standard InChI is InChI=1S/C26H29Cl2F3N2O4S/c1-4-20(5-2)33-23(16-9-11-18(27)12-10-16)21(17-7-6-8-19(28)13-17)14-25(3,24(33)35)15-22(34)32-38(36,37)26(29,30)31/h6-13,20-21,23H,4-5,14-15H2,1-3H3,(H,32,34)/t21-,23-,25-/m1/s1. The van der Waals surface area contributed by atoms with Crippen LogP contribution in [0.4, 0.5) is 13.2 Å². The summed E-state index contributed by atoms with van der Waals surface area (Å²) in [6.07, 6.45) is 0.483. The molecule has 0 unspecified atom stereocenters. The number of carbonyl (C=O) groups excluding carboxylic acids is 2. The van der Waals surface area contributed by atoms with Crippen molar-refractivity contribution in [3.05, 3.63) is 69.7 Å². The molecule has 0 spiro atoms. The molecule has 1 fully saturated rings. The maximum atomic E-state index is 14.1. The highest BCUT2D eigenvalue weighted by atomic mass is 35.5. The van der Waals surface area contributed by atoms with Gasteiger partial charge in [-0.25, -0.2) is 4.72 Å². The van der Waals surface area contributed by atoms with Crippen LogP contribution in [0, 0.1) is 5.41 Å². The van der Waals surface area contributed by atoms with E-state index in [9.17, 15) is 31.2 Å². The van der Waals surface area contributed by atoms with Gasteiger partial charge < -0.3 is 4.90 Å². The summed E-state index contributed by atoms with van der Waals surface area (Å²) in [5.74, 6) is -2.26. The van der Waals surface area contributed by atoms with E-state index in [4.69, 9.17) is 23.2 Å². The number of sulfonamides is 1. The summed E-state index contributed by atoms with van der Waals surface area (Å²) in [6, 6.07) is 13.4. The number of rotatable bonds is 8. The molecule has 1 aliphatic heterocycles. The van der Waals surface area contributed by atoms with Gasteiger partial charge in [-0.2, -0.15) is 21.6 Å². The van der Waals surface area contributed by atoms with Crippen LogP contribution >= 0.6 is 23.2 Å². The Bertz CT molecular complexity index is 1280. The van der Waals surface area contributed by atoms with Crippen molar-refractivity contribution in [1.29, 1.82) is 0 Å². The van der Waals surface area contributed by atoms with Crippen molar-refractivity contribution in [1.82, 2.24) is 9.62 Å². The zero-order valence-corrected chi connectivity index (χ0v) is 23.4. The van der Waals surface area contributed by atoms with Crippen molar-refractivity contribution in [3.63, 3.8) is 0 Å². The highest BCUT2D eigenvalue weighted by Gasteiger charge is 2.53. The van der Waals surface area contributed by atoms with E-state index in [2.05, 4.69) is 0 Å². The highest BCUT2D eigenvalue weighted by Crippen LogP contribution is 2.52. The van der Waals surface area contributed by atoms with Crippen molar-refractivity contribution in [2.24, 2.45) is 5.41 Å². The number of nitrogens with one attached hydrogen (secondary N) is 1. The van der Waals surface area contributed by atoms with Crippen molar-refractivity contribution >= 4 is 45.0 Å². The third-order valence-electron chi connectivity index (χ3n) is 7.03. The van der Waals surface area contributed by atoms with E-state index in [0.29, 0.717) is 22.9 Å². The maximum Gasteiger partial charge on any atom is 0.516 e. The molecule has 0 saturated carbocycles. The van der Waals surface area contributed by atoms with E-state index in [1.165, 1.54) is 6.92 Å². The normalized spacial score (nSPS) is 22.6. The predicted molar refractivity (Wildman–Crippen MR) is 140 cm³/mol. The largest absolute Gasteiger partial charge is 0.516 e. The molecular weight excluding hydrogens is 564 g/mol. The fourth-order valence-corrected chi connectivity index (χ4v) is 6.04. The number of amides is 2. The Kier molecular flexibility index (Phi) is 9.10. The number of benzene rings is 2. The van der Waals surface area contributed by atoms with Crippen molar-refractivity contribution in [3.8, 4) is 0 Å². The van der Waals surface area contributed by atoms with Crippen LogP contribution in [0.5, 0.6) is 0 Å². The molecule has 0 aliphatic carbocycles. The first-order valence-electron chi connectivity index (χ1n) is 12.1. The SMILES string of the molecule is CCC(CC)N1C(=O)[C@@](C)(CC(=O)NS(=O)(=O)C(F)(F)F)C[C@H](c2cccc(Cl)c2)[C@H]1c1ccc(Cl)cc1. The number of likely N-dealkylation sites (tertiary alicyclic amines) is 1. The molecule has 6 nitrogen and oxygen atoms in total. The van der Waals surface area contributed by atoms with E-state index in [0.717, 1.165) is 15.8 Å². The minimum atomic E-state index is -5.91. The Hall–Kier alpha value is -2.30. The molecular formula is C26H29Cl2F3N2O4S. The van der Waals surface area contributed by atoms with Gasteiger partial charge in [-0.3, -0.25) is 9.59 Å². The third-order valence-corrected chi connectivity index (χ3v) is 8.62. The molecule has 2 amide bonds. The lowest BCUT2D eigenvalue weighted by atomic mass is 9.66. The van der Waals surface area contributed by atoms with Gasteiger partial charge in [0.1, 0.15) is 0 Å². The summed E-state index contributed by atoms with van der Waals surface area (Å²) < 4.78 is 62.9. The number of carbonyl (C=O) groups is 2. The maximum absolute atomic E-state index is 14.1. The quantitative estimate of drug-likeness (QED) is 0.374. The number of piperidine rings is 1. The molecule has 0 aromatic heterocycles. The zero-order chi connectivity index (χ0) is 28.5. The minimum Gasteiger partial charge on any atom is -0.332 e. The molecule has 1 aliphatic rings. The number of alkyl halides is 3. The fraction of sp³-hybridized carbons (Fsp3) is 0.462. The van der Waals surface area contributed by atoms with Crippen LogP contribution in [0.15, 0.2) is 48.5 Å². The summed E-state index contributed by atoms with van der Waals surface area (Å²) in [5.41, 5.74) is -5.59. The molecule has 0 bridgehead atoms. The van der Waals surface area contributed by atoms with E-state index in [-0.39, 0.29) is 12.5 Å². The summed E-state index contributed by atoms with van der Waals surface area (Å²) in [5, 5.41) is 0.968. The first-order chi connectivity index (χ1) is 17.6. The zero-order valence-electron chi connectivity index (χ0n) is 21.1. The van der Waals surface area contributed by atoms with Crippen LogP contribution in [0.2, 0.25) is 10.0 Å². The van der Waals surface area contributed by atoms with E-state index >= 15 is 0 Å². The summed E-state index contributed by atoms with van der Waals surface area (Å²) in [6.45, 7) is 5.33. The lowest BCUT2D eigenvalue weighted by molar-refractivity contribution is -0.157. The van der Waals surface area contributed by atoms with Gasteiger partial charge >= 0.3 is 15.5 Å². The fourth-order valence-electron chi connectivity index (χ4n) is 5.23. The molecule has 208 valence electrons. The van der Waals surface area contributed by atoms with Gasteiger partial charge in [0, 0.05) is 28.4 Å². The van der Waals surface area contributed by atoms with E-state index < -0.39 is 51.1 Å². The predicted octanol–water partition coefficient (Wildman–Crippen LogP) is 6.60. The van der Waals surface area contributed by atoms with Gasteiger partial charge in [0.2, 0.25) is 11.8 Å². The topological polar surface area (TPSA) is 83.6 Å². The Morgan fingerprint density at radius 2 is 1.68 bits per heavy atom. The third kappa shape index (κ3) is 6.29. The molecule has 2 aromatic rings. The molecule has 38 heavy (non-hydrogen) atoms. The van der Waals surface area contributed by atoms with Crippen LogP contribution in [-0.4, -0.2) is 36.7 Å². The molecule has 1 heterocycles. The van der Waals surface area contributed by atoms with E-state index in [1.807, 2.05) is 32.0 Å². The van der Waals surface area contributed by atoms with Gasteiger partial charge in [-0.15, -0.1) is 0 Å². The lowest BCUT2D eigenvalue weighted by Crippen LogP contribution is -2.56. The second-order valence-electron chi connectivity index (χ2n) is 9.76. The van der Waals surface area contributed by atoms with Gasteiger partial charge in [-0.1, -0.05) is 68.2 Å². The Balaban J connectivity index is 2.14. The second-order valence-corrected chi connectivity index (χ2v) is 12.3. The summed E-state index contributed by atoms with van der Waals surface area (Å²) in [4.78, 5) is 28.4. The number of nitrogens with zero attached hydrogens (tertiary/aromatic N) is 1. The Morgan fingerprint density at radius 1 is 1.08 bits per heavy atom. The van der Waals surface area contributed by atoms with Crippen LogP contribution in [0.25, 0.3) is 0 Å². The first-order valence-corrected chi connectivity index (χ1v) is 14.3. The second kappa shape index (κ2) is 11.4. The van der Waals surface area contributed by atoms with Gasteiger partial charge in [0.15, 0.2) is 0 Å². The molecule has 1 N–H and O–H groups in total. The van der Waals surface area contributed by atoms with Crippen LogP contribution < -0.4 is 4.72 Å². The number of hydrogen-bond acceptors (Lipinski definition) is 4. The van der Waals surface area contributed by atoms with Gasteiger partial charge in [0.25, 0.3) is 0 Å². The number of halogens is 5. The lowest BCUT2D eigenvalue weighted by Gasteiger charge is -2.52. The average molecular weight is 593 g/mol. The first kappa shape index (κ1) is 30.2. The van der Waals surface area contributed by atoms with Crippen molar-refractivity contribution in [2.75, 3.05) is 0 Å².